The van der Waals surface area contributed by atoms with Gasteiger partial charge in [-0.05, 0) is 18.6 Å². The first-order valence-electron chi connectivity index (χ1n) is 4.07. The van der Waals surface area contributed by atoms with E-state index in [0.29, 0.717) is 16.5 Å². The van der Waals surface area contributed by atoms with E-state index in [4.69, 9.17) is 0 Å². The molecule has 0 aliphatic heterocycles. The van der Waals surface area contributed by atoms with Crippen LogP contribution in [0.1, 0.15) is 15.9 Å². The van der Waals surface area contributed by atoms with Crippen molar-refractivity contribution in [3.8, 4) is 0 Å². The summed E-state index contributed by atoms with van der Waals surface area (Å²) in [7, 11) is 0. The lowest BCUT2D eigenvalue weighted by molar-refractivity contribution is 0.0996. The molecule has 0 saturated heterocycles. The topological polar surface area (TPSA) is 17.1 Å². The fourth-order valence-electron chi connectivity index (χ4n) is 1.11. The van der Waals surface area contributed by atoms with E-state index < -0.39 is 0 Å². The number of carbonyl (C=O) groups is 1. The number of Topliss-reactive ketones (excluding diaryl/α,β-unsaturated/α-hetero) is 1. The predicted molar refractivity (Wildman–Crippen MR) is 62.0 cm³/mol. The van der Waals surface area contributed by atoms with Gasteiger partial charge in [-0.15, -0.1) is 0 Å². The Balaban J connectivity index is 3.07. The molecule has 1 unspecified atom stereocenters. The zero-order valence-corrected chi connectivity index (χ0v) is 10.7. The van der Waals surface area contributed by atoms with Crippen LogP contribution in [0.3, 0.4) is 0 Å². The summed E-state index contributed by atoms with van der Waals surface area (Å²) < 4.78 is 13.1. The average molecular weight is 324 g/mol. The van der Waals surface area contributed by atoms with Crippen molar-refractivity contribution >= 4 is 37.6 Å². The SMILES string of the molecule is Cc1c(F)cccc1C(=O)C(Br)CBr. The van der Waals surface area contributed by atoms with Crippen molar-refractivity contribution in [2.75, 3.05) is 5.33 Å². The Hall–Kier alpha value is -0.220. The van der Waals surface area contributed by atoms with Crippen molar-refractivity contribution in [1.82, 2.24) is 0 Å². The Kier molecular flexibility index (Phi) is 4.26. The van der Waals surface area contributed by atoms with Crippen LogP contribution < -0.4 is 0 Å². The largest absolute Gasteiger partial charge is 0.293 e. The number of benzene rings is 1. The zero-order chi connectivity index (χ0) is 10.7. The molecule has 0 saturated carbocycles. The monoisotopic (exact) mass is 322 g/mol. The van der Waals surface area contributed by atoms with Gasteiger partial charge >= 0.3 is 0 Å². The summed E-state index contributed by atoms with van der Waals surface area (Å²) in [4.78, 5) is 11.4. The number of hydrogen-bond donors (Lipinski definition) is 0. The Morgan fingerprint density at radius 3 is 2.79 bits per heavy atom. The van der Waals surface area contributed by atoms with Crippen LogP contribution in [-0.2, 0) is 0 Å². The summed E-state index contributed by atoms with van der Waals surface area (Å²) in [5.41, 5.74) is 0.842. The first-order valence-corrected chi connectivity index (χ1v) is 6.11. The molecule has 1 aromatic rings. The predicted octanol–water partition coefficient (Wildman–Crippen LogP) is 3.48. The van der Waals surface area contributed by atoms with Crippen LogP contribution in [0.5, 0.6) is 0 Å². The van der Waals surface area contributed by atoms with Crippen LogP contribution >= 0.6 is 31.9 Å². The van der Waals surface area contributed by atoms with E-state index in [-0.39, 0.29) is 16.4 Å². The molecule has 0 amide bonds. The summed E-state index contributed by atoms with van der Waals surface area (Å²) >= 11 is 6.41. The number of carbonyl (C=O) groups excluding carboxylic acids is 1. The molecule has 0 aromatic heterocycles. The maximum absolute atomic E-state index is 13.1. The highest BCUT2D eigenvalue weighted by molar-refractivity contribution is 9.12. The first-order chi connectivity index (χ1) is 6.57. The lowest BCUT2D eigenvalue weighted by atomic mass is 10.0. The lowest BCUT2D eigenvalue weighted by Crippen LogP contribution is -2.17. The third kappa shape index (κ3) is 2.42. The first kappa shape index (κ1) is 11.9. The number of rotatable bonds is 3. The standard InChI is InChI=1S/C10H9Br2FO/c1-6-7(3-2-4-9(6)13)10(14)8(12)5-11/h2-4,8H,5H2,1H3. The molecule has 1 atom stereocenters. The third-order valence-corrected chi connectivity index (χ3v) is 4.21. The average Bonchev–Trinajstić information content (AvgIpc) is 2.20. The second kappa shape index (κ2) is 5.03. The van der Waals surface area contributed by atoms with Gasteiger partial charge in [0, 0.05) is 10.9 Å². The third-order valence-electron chi connectivity index (χ3n) is 1.95. The minimum absolute atomic E-state index is 0.0983. The van der Waals surface area contributed by atoms with Crippen molar-refractivity contribution < 1.29 is 9.18 Å². The maximum Gasteiger partial charge on any atom is 0.177 e. The molecule has 0 spiro atoms. The molecule has 0 heterocycles. The summed E-state index contributed by atoms with van der Waals surface area (Å²) in [5, 5.41) is 0.516. The summed E-state index contributed by atoms with van der Waals surface area (Å²) in [5.74, 6) is -0.441. The van der Waals surface area contributed by atoms with Gasteiger partial charge in [0.2, 0.25) is 0 Å². The van der Waals surface area contributed by atoms with E-state index in [1.54, 1.807) is 19.1 Å². The molecule has 0 aliphatic carbocycles. The molecule has 1 aromatic carbocycles. The van der Waals surface area contributed by atoms with Crippen LogP contribution in [0.4, 0.5) is 4.39 Å². The van der Waals surface area contributed by atoms with Crippen LogP contribution in [0.15, 0.2) is 18.2 Å². The molecule has 76 valence electrons. The van der Waals surface area contributed by atoms with E-state index >= 15 is 0 Å². The van der Waals surface area contributed by atoms with E-state index in [2.05, 4.69) is 31.9 Å². The molecule has 1 rings (SSSR count). The number of ketones is 1. The molecule has 0 aliphatic rings. The van der Waals surface area contributed by atoms with Crippen molar-refractivity contribution in [1.29, 1.82) is 0 Å². The van der Waals surface area contributed by atoms with Crippen molar-refractivity contribution in [2.24, 2.45) is 0 Å². The minimum Gasteiger partial charge on any atom is -0.293 e. The van der Waals surface area contributed by atoms with E-state index in [9.17, 15) is 9.18 Å². The van der Waals surface area contributed by atoms with Crippen LogP contribution in [0, 0.1) is 12.7 Å². The fraction of sp³-hybridized carbons (Fsp3) is 0.300. The van der Waals surface area contributed by atoms with Crippen molar-refractivity contribution in [3.05, 3.63) is 35.1 Å². The van der Waals surface area contributed by atoms with Gasteiger partial charge in [-0.3, -0.25) is 4.79 Å². The zero-order valence-electron chi connectivity index (χ0n) is 7.56. The molecule has 0 bridgehead atoms. The Labute approximate surface area is 99.0 Å². The Morgan fingerprint density at radius 1 is 1.57 bits per heavy atom. The Bertz CT molecular complexity index is 352. The van der Waals surface area contributed by atoms with Crippen LogP contribution in [0.25, 0.3) is 0 Å². The second-order valence-electron chi connectivity index (χ2n) is 2.90. The van der Waals surface area contributed by atoms with Gasteiger partial charge in [0.05, 0.1) is 4.83 Å². The van der Waals surface area contributed by atoms with Crippen molar-refractivity contribution in [3.63, 3.8) is 0 Å². The molecular weight excluding hydrogens is 315 g/mol. The van der Waals surface area contributed by atoms with Gasteiger partial charge in [0.25, 0.3) is 0 Å². The highest BCUT2D eigenvalue weighted by atomic mass is 79.9. The summed E-state index contributed by atoms with van der Waals surface area (Å²) in [6, 6.07) is 4.53. The highest BCUT2D eigenvalue weighted by Crippen LogP contribution is 2.18. The van der Waals surface area contributed by atoms with E-state index in [1.165, 1.54) is 6.07 Å². The molecule has 0 fully saturated rings. The van der Waals surface area contributed by atoms with Gasteiger partial charge in [0.1, 0.15) is 5.82 Å². The maximum atomic E-state index is 13.1. The number of hydrogen-bond acceptors (Lipinski definition) is 1. The van der Waals surface area contributed by atoms with Gasteiger partial charge < -0.3 is 0 Å². The number of halogens is 3. The molecule has 14 heavy (non-hydrogen) atoms. The van der Waals surface area contributed by atoms with E-state index in [0.717, 1.165) is 0 Å². The Morgan fingerprint density at radius 2 is 2.21 bits per heavy atom. The van der Waals surface area contributed by atoms with Crippen molar-refractivity contribution in [2.45, 2.75) is 11.8 Å². The van der Waals surface area contributed by atoms with E-state index in [1.807, 2.05) is 0 Å². The highest BCUT2D eigenvalue weighted by Gasteiger charge is 2.18. The van der Waals surface area contributed by atoms with Gasteiger partial charge in [-0.2, -0.15) is 0 Å². The molecule has 4 heteroatoms. The quantitative estimate of drug-likeness (QED) is 0.615. The van der Waals surface area contributed by atoms with Gasteiger partial charge in [-0.25, -0.2) is 4.39 Å². The van der Waals surface area contributed by atoms with Gasteiger partial charge in [0.15, 0.2) is 5.78 Å². The number of alkyl halides is 2. The summed E-state index contributed by atoms with van der Waals surface area (Å²) in [6.45, 7) is 1.61. The fourth-order valence-corrected chi connectivity index (χ4v) is 1.65. The normalized spacial score (nSPS) is 12.6. The summed E-state index contributed by atoms with van der Waals surface area (Å²) in [6.07, 6.45) is 0. The van der Waals surface area contributed by atoms with Crippen LogP contribution in [0.2, 0.25) is 0 Å². The van der Waals surface area contributed by atoms with Gasteiger partial charge in [-0.1, -0.05) is 44.0 Å². The second-order valence-corrected chi connectivity index (χ2v) is 4.65. The minimum atomic E-state index is -0.342. The lowest BCUT2D eigenvalue weighted by Gasteiger charge is -2.08. The molecule has 0 radical (unpaired) electrons. The van der Waals surface area contributed by atoms with Crippen LogP contribution in [-0.4, -0.2) is 15.9 Å². The molecule has 0 N–H and O–H groups in total. The molecule has 1 nitrogen and oxygen atoms in total. The smallest absolute Gasteiger partial charge is 0.177 e. The molecular formula is C10H9Br2FO.